The first-order valence-corrected chi connectivity index (χ1v) is 8.99. The van der Waals surface area contributed by atoms with Gasteiger partial charge in [0, 0.05) is 39.3 Å². The van der Waals surface area contributed by atoms with Gasteiger partial charge in [-0.2, -0.15) is 0 Å². The zero-order valence-corrected chi connectivity index (χ0v) is 15.2. The van der Waals surface area contributed by atoms with E-state index < -0.39 is 0 Å². The molecule has 0 aliphatic carbocycles. The van der Waals surface area contributed by atoms with Crippen molar-refractivity contribution in [1.29, 1.82) is 0 Å². The number of amides is 2. The molecule has 2 amide bonds. The maximum Gasteiger partial charge on any atom is 0.317 e. The van der Waals surface area contributed by atoms with Crippen molar-refractivity contribution < 1.29 is 9.90 Å². The molecule has 0 bridgehead atoms. The van der Waals surface area contributed by atoms with E-state index in [2.05, 4.69) is 36.2 Å². The molecule has 1 unspecified atom stereocenters. The van der Waals surface area contributed by atoms with Gasteiger partial charge in [-0.15, -0.1) is 0 Å². The fraction of sp³-hybridized carbons (Fsp3) is 0.632. The summed E-state index contributed by atoms with van der Waals surface area (Å²) in [6.45, 7) is 7.42. The van der Waals surface area contributed by atoms with Crippen LogP contribution < -0.4 is 5.32 Å². The molecule has 5 nitrogen and oxygen atoms in total. The van der Waals surface area contributed by atoms with Crippen molar-refractivity contribution >= 4 is 6.03 Å². The van der Waals surface area contributed by atoms with Gasteiger partial charge in [0.05, 0.1) is 6.10 Å². The molecule has 1 heterocycles. The van der Waals surface area contributed by atoms with E-state index in [1.807, 2.05) is 19.2 Å². The van der Waals surface area contributed by atoms with E-state index >= 15 is 0 Å². The molecule has 0 spiro atoms. The first kappa shape index (κ1) is 18.7. The lowest BCUT2D eigenvalue weighted by molar-refractivity contribution is 0.0791. The summed E-state index contributed by atoms with van der Waals surface area (Å²) in [5.74, 6) is 0. The van der Waals surface area contributed by atoms with Crippen molar-refractivity contribution in [3.05, 3.63) is 35.4 Å². The minimum atomic E-state index is -0.146. The molecule has 2 N–H and O–H groups in total. The highest BCUT2D eigenvalue weighted by atomic mass is 16.3. The third-order valence-corrected chi connectivity index (χ3v) is 5.07. The van der Waals surface area contributed by atoms with Crippen LogP contribution in [0.3, 0.4) is 0 Å². The van der Waals surface area contributed by atoms with Crippen LogP contribution in [0.15, 0.2) is 24.3 Å². The number of carbonyl (C=O) groups is 1. The molecule has 0 saturated carbocycles. The van der Waals surface area contributed by atoms with Crippen LogP contribution in [-0.4, -0.2) is 53.2 Å². The molecule has 1 aliphatic rings. The Morgan fingerprint density at radius 3 is 2.58 bits per heavy atom. The highest BCUT2D eigenvalue weighted by Crippen LogP contribution is 2.16. The number of hydrogen-bond acceptors (Lipinski definition) is 3. The van der Waals surface area contributed by atoms with E-state index in [4.69, 9.17) is 0 Å². The standard InChI is InChI=1S/C19H31N3O2/c1-4-15(2)21(3)19(24)20-13-16-7-5-6-8-17(16)14-22-11-9-18(23)10-12-22/h5-8,15,18,23H,4,9-14H2,1-3H3,(H,20,24). The van der Waals surface area contributed by atoms with Crippen LogP contribution in [0.2, 0.25) is 0 Å². The molecule has 1 aromatic rings. The number of urea groups is 1. The predicted octanol–water partition coefficient (Wildman–Crippen LogP) is 2.58. The number of hydrogen-bond donors (Lipinski definition) is 2. The van der Waals surface area contributed by atoms with E-state index in [0.717, 1.165) is 44.5 Å². The number of nitrogens with zero attached hydrogens (tertiary/aromatic N) is 2. The highest BCUT2D eigenvalue weighted by Gasteiger charge is 2.18. The van der Waals surface area contributed by atoms with Crippen LogP contribution in [-0.2, 0) is 13.1 Å². The molecule has 24 heavy (non-hydrogen) atoms. The third kappa shape index (κ3) is 5.21. The van der Waals surface area contributed by atoms with E-state index in [-0.39, 0.29) is 18.2 Å². The van der Waals surface area contributed by atoms with E-state index in [1.54, 1.807) is 4.90 Å². The summed E-state index contributed by atoms with van der Waals surface area (Å²) >= 11 is 0. The van der Waals surface area contributed by atoms with Crippen molar-refractivity contribution in [3.63, 3.8) is 0 Å². The Morgan fingerprint density at radius 1 is 1.33 bits per heavy atom. The molecule has 1 atom stereocenters. The maximum atomic E-state index is 12.2. The molecule has 1 fully saturated rings. The summed E-state index contributed by atoms with van der Waals surface area (Å²) < 4.78 is 0. The Bertz CT molecular complexity index is 527. The van der Waals surface area contributed by atoms with Gasteiger partial charge in [-0.05, 0) is 37.3 Å². The quantitative estimate of drug-likeness (QED) is 0.841. The van der Waals surface area contributed by atoms with Crippen molar-refractivity contribution in [2.45, 2.75) is 58.3 Å². The van der Waals surface area contributed by atoms with E-state index in [1.165, 1.54) is 5.56 Å². The summed E-state index contributed by atoms with van der Waals surface area (Å²) in [4.78, 5) is 16.4. The first-order chi connectivity index (χ1) is 11.5. The van der Waals surface area contributed by atoms with Crippen LogP contribution in [0.5, 0.6) is 0 Å². The predicted molar refractivity (Wildman–Crippen MR) is 96.7 cm³/mol. The number of nitrogens with one attached hydrogen (secondary N) is 1. The second-order valence-electron chi connectivity index (χ2n) is 6.80. The van der Waals surface area contributed by atoms with Crippen molar-refractivity contribution in [2.24, 2.45) is 0 Å². The summed E-state index contributed by atoms with van der Waals surface area (Å²) in [5.41, 5.74) is 2.41. The monoisotopic (exact) mass is 333 g/mol. The number of likely N-dealkylation sites (tertiary alicyclic amines) is 1. The lowest BCUT2D eigenvalue weighted by Gasteiger charge is -2.30. The van der Waals surface area contributed by atoms with E-state index in [9.17, 15) is 9.90 Å². The number of benzene rings is 1. The molecule has 2 rings (SSSR count). The van der Waals surface area contributed by atoms with Gasteiger partial charge in [0.1, 0.15) is 0 Å². The Balaban J connectivity index is 1.92. The van der Waals surface area contributed by atoms with Crippen LogP contribution >= 0.6 is 0 Å². The SMILES string of the molecule is CCC(C)N(C)C(=O)NCc1ccccc1CN1CCC(O)CC1. The lowest BCUT2D eigenvalue weighted by Crippen LogP contribution is -2.42. The Morgan fingerprint density at radius 2 is 1.96 bits per heavy atom. The topological polar surface area (TPSA) is 55.8 Å². The molecule has 5 heteroatoms. The normalized spacial score (nSPS) is 17.5. The first-order valence-electron chi connectivity index (χ1n) is 8.99. The zero-order valence-electron chi connectivity index (χ0n) is 15.2. The molecule has 0 radical (unpaired) electrons. The summed E-state index contributed by atoms with van der Waals surface area (Å²) in [7, 11) is 1.84. The van der Waals surface area contributed by atoms with Crippen molar-refractivity contribution in [2.75, 3.05) is 20.1 Å². The summed E-state index contributed by atoms with van der Waals surface area (Å²) in [6, 6.07) is 8.48. The molecule has 1 aromatic carbocycles. The van der Waals surface area contributed by atoms with Gasteiger partial charge in [0.15, 0.2) is 0 Å². The zero-order chi connectivity index (χ0) is 17.5. The van der Waals surface area contributed by atoms with Crippen LogP contribution in [0.25, 0.3) is 0 Å². The van der Waals surface area contributed by atoms with Gasteiger partial charge < -0.3 is 15.3 Å². The maximum absolute atomic E-state index is 12.2. The van der Waals surface area contributed by atoms with Gasteiger partial charge in [-0.3, -0.25) is 4.90 Å². The van der Waals surface area contributed by atoms with Crippen LogP contribution in [0.1, 0.15) is 44.2 Å². The molecule has 1 saturated heterocycles. The van der Waals surface area contributed by atoms with Gasteiger partial charge in [0.25, 0.3) is 0 Å². The smallest absolute Gasteiger partial charge is 0.317 e. The fourth-order valence-electron chi connectivity index (χ4n) is 2.97. The average Bonchev–Trinajstić information content (AvgIpc) is 2.61. The number of aliphatic hydroxyl groups is 1. The Kier molecular flexibility index (Phi) is 7.06. The van der Waals surface area contributed by atoms with Gasteiger partial charge in [-0.1, -0.05) is 31.2 Å². The van der Waals surface area contributed by atoms with Gasteiger partial charge in [0.2, 0.25) is 0 Å². The highest BCUT2D eigenvalue weighted by molar-refractivity contribution is 5.74. The second-order valence-corrected chi connectivity index (χ2v) is 6.80. The summed E-state index contributed by atoms with van der Waals surface area (Å²) in [5, 5.41) is 12.7. The van der Waals surface area contributed by atoms with Crippen LogP contribution in [0.4, 0.5) is 4.79 Å². The van der Waals surface area contributed by atoms with Crippen LogP contribution in [0, 0.1) is 0 Å². The van der Waals surface area contributed by atoms with Gasteiger partial charge in [-0.25, -0.2) is 4.79 Å². The lowest BCUT2D eigenvalue weighted by atomic mass is 10.0. The molecular weight excluding hydrogens is 302 g/mol. The average molecular weight is 333 g/mol. The Hall–Kier alpha value is -1.59. The number of rotatable bonds is 6. The largest absolute Gasteiger partial charge is 0.393 e. The van der Waals surface area contributed by atoms with Crippen molar-refractivity contribution in [1.82, 2.24) is 15.1 Å². The number of carbonyl (C=O) groups excluding carboxylic acids is 1. The second kappa shape index (κ2) is 9.04. The summed E-state index contributed by atoms with van der Waals surface area (Å²) in [6.07, 6.45) is 2.49. The van der Waals surface area contributed by atoms with Crippen molar-refractivity contribution in [3.8, 4) is 0 Å². The minimum Gasteiger partial charge on any atom is -0.393 e. The Labute approximate surface area is 145 Å². The number of aliphatic hydroxyl groups excluding tert-OH is 1. The molecule has 0 aromatic heterocycles. The van der Waals surface area contributed by atoms with Gasteiger partial charge >= 0.3 is 6.03 Å². The van der Waals surface area contributed by atoms with E-state index in [0.29, 0.717) is 6.54 Å². The minimum absolute atomic E-state index is 0.0275. The molecule has 134 valence electrons. The molecular formula is C19H31N3O2. The number of piperidine rings is 1. The molecule has 1 aliphatic heterocycles. The third-order valence-electron chi connectivity index (χ3n) is 5.07. The fourth-order valence-corrected chi connectivity index (χ4v) is 2.97.